The van der Waals surface area contributed by atoms with Crippen LogP contribution in [0.25, 0.3) is 10.9 Å². The molecule has 0 aliphatic carbocycles. The van der Waals surface area contributed by atoms with Gasteiger partial charge in [-0.1, -0.05) is 35.3 Å². The molecule has 1 aromatic heterocycles. The Morgan fingerprint density at radius 1 is 1.19 bits per heavy atom. The lowest BCUT2D eigenvalue weighted by molar-refractivity contribution is -0.141. The molecule has 0 amide bonds. The average molecular weight is 564 g/mol. The van der Waals surface area contributed by atoms with E-state index in [0.29, 0.717) is 29.2 Å². The standard InChI is InChI=1S/C28H32Cl2N2O4S/c1-36-19-6-7-23-20(16-19)27(22(30)18-31-23)24(33)8-9-28(17-26(34)35)10-12-32(13-11-28)14-15-37-25-5-3-2-4-21(25)29/h2-7,16,18,24,33H,8-15,17H2,1H3,(H,34,35)/t24-/m0/s1. The number of aliphatic hydroxyl groups excluding tert-OH is 1. The van der Waals surface area contributed by atoms with Gasteiger partial charge < -0.3 is 19.8 Å². The summed E-state index contributed by atoms with van der Waals surface area (Å²) in [6, 6.07) is 13.3. The summed E-state index contributed by atoms with van der Waals surface area (Å²) in [4.78, 5) is 19.6. The molecule has 4 rings (SSSR count). The zero-order chi connectivity index (χ0) is 26.4. The molecule has 3 aromatic rings. The van der Waals surface area contributed by atoms with Crippen molar-refractivity contribution in [2.45, 2.75) is 43.1 Å². The Morgan fingerprint density at radius 3 is 2.65 bits per heavy atom. The van der Waals surface area contributed by atoms with Crippen molar-refractivity contribution in [2.75, 3.05) is 32.5 Å². The smallest absolute Gasteiger partial charge is 0.303 e. The van der Waals surface area contributed by atoms with Gasteiger partial charge in [0.05, 0.1) is 35.2 Å². The van der Waals surface area contributed by atoms with Crippen molar-refractivity contribution in [1.29, 1.82) is 0 Å². The quantitative estimate of drug-likeness (QED) is 0.251. The summed E-state index contributed by atoms with van der Waals surface area (Å²) in [5, 5.41) is 22.8. The van der Waals surface area contributed by atoms with E-state index in [1.165, 1.54) is 0 Å². The Labute approximate surface area is 231 Å². The first-order valence-corrected chi connectivity index (χ1v) is 14.2. The first-order chi connectivity index (χ1) is 17.8. The molecule has 37 heavy (non-hydrogen) atoms. The number of rotatable bonds is 11. The van der Waals surface area contributed by atoms with Crippen molar-refractivity contribution in [3.8, 4) is 5.75 Å². The van der Waals surface area contributed by atoms with Crippen molar-refractivity contribution in [3.63, 3.8) is 0 Å². The Morgan fingerprint density at radius 2 is 1.95 bits per heavy atom. The molecule has 6 nitrogen and oxygen atoms in total. The lowest BCUT2D eigenvalue weighted by atomic mass is 9.71. The van der Waals surface area contributed by atoms with Crippen LogP contribution in [0.3, 0.4) is 0 Å². The van der Waals surface area contributed by atoms with Gasteiger partial charge in [0, 0.05) is 34.3 Å². The van der Waals surface area contributed by atoms with Crippen LogP contribution in [-0.2, 0) is 4.79 Å². The summed E-state index contributed by atoms with van der Waals surface area (Å²) in [5.74, 6) is 0.785. The number of methoxy groups -OCH3 is 1. The van der Waals surface area contributed by atoms with Crippen LogP contribution in [0.4, 0.5) is 0 Å². The molecule has 1 aliphatic rings. The molecule has 0 saturated carbocycles. The fourth-order valence-electron chi connectivity index (χ4n) is 5.15. The number of hydrogen-bond acceptors (Lipinski definition) is 6. The third-order valence-electron chi connectivity index (χ3n) is 7.29. The molecule has 0 spiro atoms. The van der Waals surface area contributed by atoms with E-state index in [0.717, 1.165) is 59.0 Å². The van der Waals surface area contributed by atoms with Gasteiger partial charge in [-0.25, -0.2) is 0 Å². The molecule has 2 aromatic carbocycles. The summed E-state index contributed by atoms with van der Waals surface area (Å²) in [5.41, 5.74) is 0.985. The predicted molar refractivity (Wildman–Crippen MR) is 150 cm³/mol. The van der Waals surface area contributed by atoms with Crippen molar-refractivity contribution >= 4 is 51.8 Å². The molecule has 1 saturated heterocycles. The number of halogens is 2. The van der Waals surface area contributed by atoms with Crippen LogP contribution in [-0.4, -0.2) is 58.6 Å². The molecule has 198 valence electrons. The van der Waals surface area contributed by atoms with Crippen molar-refractivity contribution in [1.82, 2.24) is 9.88 Å². The third kappa shape index (κ3) is 7.09. The van der Waals surface area contributed by atoms with Gasteiger partial charge in [-0.05, 0) is 74.5 Å². The maximum Gasteiger partial charge on any atom is 0.303 e. The largest absolute Gasteiger partial charge is 0.497 e. The van der Waals surface area contributed by atoms with Crippen LogP contribution in [0.2, 0.25) is 10.0 Å². The SMILES string of the molecule is COc1ccc2ncc(Cl)c([C@@H](O)CCC3(CC(=O)O)CCN(CCSc4ccccc4Cl)CC3)c2c1. The summed E-state index contributed by atoms with van der Waals surface area (Å²) >= 11 is 14.5. The number of ether oxygens (including phenoxy) is 1. The van der Waals surface area contributed by atoms with Gasteiger partial charge >= 0.3 is 5.97 Å². The molecule has 0 unspecified atom stereocenters. The highest BCUT2D eigenvalue weighted by Gasteiger charge is 2.37. The van der Waals surface area contributed by atoms with Crippen LogP contribution in [0.15, 0.2) is 53.6 Å². The maximum absolute atomic E-state index is 11.8. The molecular formula is C28H32Cl2N2O4S. The Kier molecular flexibility index (Phi) is 9.59. The number of aliphatic hydroxyl groups is 1. The number of carboxylic acid groups (broad SMARTS) is 1. The van der Waals surface area contributed by atoms with E-state index in [1.54, 1.807) is 25.1 Å². The lowest BCUT2D eigenvalue weighted by Crippen LogP contribution is -2.42. The van der Waals surface area contributed by atoms with Gasteiger partial charge in [-0.2, -0.15) is 0 Å². The normalized spacial score (nSPS) is 16.5. The number of hydrogen-bond donors (Lipinski definition) is 2. The molecule has 1 aliphatic heterocycles. The molecule has 0 radical (unpaired) electrons. The number of pyridine rings is 1. The van der Waals surface area contributed by atoms with E-state index in [-0.39, 0.29) is 11.8 Å². The maximum atomic E-state index is 11.8. The number of thioether (sulfide) groups is 1. The first-order valence-electron chi connectivity index (χ1n) is 12.4. The minimum absolute atomic E-state index is 0.0978. The minimum atomic E-state index is -0.833. The number of carbonyl (C=O) groups is 1. The summed E-state index contributed by atoms with van der Waals surface area (Å²) in [6.07, 6.45) is 3.41. The summed E-state index contributed by atoms with van der Waals surface area (Å²) in [6.45, 7) is 2.59. The second kappa shape index (κ2) is 12.7. The van der Waals surface area contributed by atoms with E-state index in [1.807, 2.05) is 42.5 Å². The van der Waals surface area contributed by atoms with E-state index < -0.39 is 12.1 Å². The molecule has 1 atom stereocenters. The first kappa shape index (κ1) is 28.0. The van der Waals surface area contributed by atoms with Gasteiger partial charge in [0.2, 0.25) is 0 Å². The highest BCUT2D eigenvalue weighted by atomic mass is 35.5. The molecule has 2 heterocycles. The zero-order valence-corrected chi connectivity index (χ0v) is 23.2. The molecule has 1 fully saturated rings. The average Bonchev–Trinajstić information content (AvgIpc) is 2.89. The van der Waals surface area contributed by atoms with Crippen LogP contribution < -0.4 is 4.74 Å². The van der Waals surface area contributed by atoms with Gasteiger partial charge in [0.15, 0.2) is 0 Å². The van der Waals surface area contributed by atoms with Crippen molar-refractivity contribution in [2.24, 2.45) is 5.41 Å². The number of piperidine rings is 1. The van der Waals surface area contributed by atoms with Crippen molar-refractivity contribution in [3.05, 3.63) is 64.3 Å². The number of aliphatic carboxylic acids is 1. The van der Waals surface area contributed by atoms with Crippen LogP contribution >= 0.6 is 35.0 Å². The number of benzene rings is 2. The summed E-state index contributed by atoms with van der Waals surface area (Å²) < 4.78 is 5.35. The fraction of sp³-hybridized carbons (Fsp3) is 0.429. The second-order valence-electron chi connectivity index (χ2n) is 9.65. The fourth-order valence-corrected chi connectivity index (χ4v) is 6.68. The lowest BCUT2D eigenvalue weighted by Gasteiger charge is -2.41. The van der Waals surface area contributed by atoms with Crippen LogP contribution in [0.1, 0.15) is 43.8 Å². The number of carboxylic acids is 1. The molecular weight excluding hydrogens is 531 g/mol. The Balaban J connectivity index is 1.39. The number of likely N-dealkylation sites (tertiary alicyclic amines) is 1. The topological polar surface area (TPSA) is 82.9 Å². The Hall–Kier alpha value is -2.03. The molecule has 0 bridgehead atoms. The van der Waals surface area contributed by atoms with E-state index in [4.69, 9.17) is 27.9 Å². The third-order valence-corrected chi connectivity index (χ3v) is 9.09. The predicted octanol–water partition coefficient (Wildman–Crippen LogP) is 6.71. The molecule has 9 heteroatoms. The van der Waals surface area contributed by atoms with Gasteiger partial charge in [-0.3, -0.25) is 9.78 Å². The minimum Gasteiger partial charge on any atom is -0.497 e. The van der Waals surface area contributed by atoms with Crippen molar-refractivity contribution < 1.29 is 19.7 Å². The number of fused-ring (bicyclic) bond motifs is 1. The highest BCUT2D eigenvalue weighted by molar-refractivity contribution is 7.99. The van der Waals surface area contributed by atoms with Crippen LogP contribution in [0.5, 0.6) is 5.75 Å². The number of nitrogens with zero attached hydrogens (tertiary/aromatic N) is 2. The monoisotopic (exact) mass is 562 g/mol. The van der Waals surface area contributed by atoms with E-state index in [2.05, 4.69) is 9.88 Å². The molecule has 2 N–H and O–H groups in total. The van der Waals surface area contributed by atoms with Gasteiger partial charge in [-0.15, -0.1) is 11.8 Å². The van der Waals surface area contributed by atoms with Gasteiger partial charge in [0.25, 0.3) is 0 Å². The second-order valence-corrected chi connectivity index (χ2v) is 11.6. The van der Waals surface area contributed by atoms with Gasteiger partial charge in [0.1, 0.15) is 5.75 Å². The van der Waals surface area contributed by atoms with E-state index >= 15 is 0 Å². The zero-order valence-electron chi connectivity index (χ0n) is 20.8. The number of aromatic nitrogens is 1. The van der Waals surface area contributed by atoms with Crippen LogP contribution in [0, 0.1) is 5.41 Å². The highest BCUT2D eigenvalue weighted by Crippen LogP contribution is 2.43. The summed E-state index contributed by atoms with van der Waals surface area (Å²) in [7, 11) is 1.59. The van der Waals surface area contributed by atoms with E-state index in [9.17, 15) is 15.0 Å². The Bertz CT molecular complexity index is 1230.